The molecule has 1 N–H and O–H groups in total. The highest BCUT2D eigenvalue weighted by atomic mass is 32.1. The number of carboxylic acids is 1. The third kappa shape index (κ3) is 1.94. The fourth-order valence-corrected chi connectivity index (χ4v) is 2.28. The summed E-state index contributed by atoms with van der Waals surface area (Å²) in [7, 11) is 0. The summed E-state index contributed by atoms with van der Waals surface area (Å²) in [5.74, 6) is -0.963. The van der Waals surface area contributed by atoms with Crippen LogP contribution in [0.25, 0.3) is 10.2 Å². The maximum Gasteiger partial charge on any atom is 0.424 e. The number of carbonyl (C=O) groups excluding carboxylic acids is 1. The Kier molecular flexibility index (Phi) is 2.72. The highest BCUT2D eigenvalue weighted by molar-refractivity contribution is 7.17. The molecule has 88 valence electrons. The van der Waals surface area contributed by atoms with Gasteiger partial charge in [0.25, 0.3) is 0 Å². The lowest BCUT2D eigenvalue weighted by molar-refractivity contribution is 0.0684. The quantitative estimate of drug-likeness (QED) is 0.833. The van der Waals surface area contributed by atoms with Gasteiger partial charge in [-0.2, -0.15) is 0 Å². The number of aromatic carboxylic acids is 1. The fraction of sp³-hybridized carbons (Fsp3) is 0.0909. The molecule has 0 amide bonds. The molecule has 17 heavy (non-hydrogen) atoms. The molecular formula is C11H9NO4S. The van der Waals surface area contributed by atoms with Crippen molar-refractivity contribution in [3.63, 3.8) is 0 Å². The predicted octanol–water partition coefficient (Wildman–Crippen LogP) is 2.92. The third-order valence-electron chi connectivity index (χ3n) is 2.09. The van der Waals surface area contributed by atoms with E-state index in [1.807, 2.05) is 0 Å². The van der Waals surface area contributed by atoms with E-state index >= 15 is 0 Å². The van der Waals surface area contributed by atoms with Crippen LogP contribution in [0.15, 0.2) is 29.9 Å². The summed E-state index contributed by atoms with van der Waals surface area (Å²) in [5, 5.41) is 10.8. The number of allylic oxidation sites excluding steroid dienone is 1. The number of fused-ring (bicyclic) bond motifs is 1. The summed E-state index contributed by atoms with van der Waals surface area (Å²) >= 11 is 1.36. The summed E-state index contributed by atoms with van der Waals surface area (Å²) in [6.45, 7) is 4.97. The van der Waals surface area contributed by atoms with Gasteiger partial charge in [0.1, 0.15) is 5.69 Å². The molecule has 6 heteroatoms. The number of hydrogen-bond acceptors (Lipinski definition) is 4. The van der Waals surface area contributed by atoms with Crippen molar-refractivity contribution in [1.29, 1.82) is 0 Å². The number of aromatic nitrogens is 1. The van der Waals surface area contributed by atoms with Crippen LogP contribution in [0.2, 0.25) is 0 Å². The van der Waals surface area contributed by atoms with Crippen LogP contribution in [0.3, 0.4) is 0 Å². The van der Waals surface area contributed by atoms with Crippen molar-refractivity contribution >= 4 is 33.6 Å². The molecule has 0 spiro atoms. The van der Waals surface area contributed by atoms with E-state index in [1.165, 1.54) is 24.3 Å². The molecule has 2 heterocycles. The van der Waals surface area contributed by atoms with Crippen molar-refractivity contribution in [2.24, 2.45) is 0 Å². The van der Waals surface area contributed by atoms with Crippen LogP contribution >= 0.6 is 11.3 Å². The van der Waals surface area contributed by atoms with Gasteiger partial charge in [0.2, 0.25) is 0 Å². The van der Waals surface area contributed by atoms with E-state index < -0.39 is 12.1 Å². The van der Waals surface area contributed by atoms with E-state index in [9.17, 15) is 9.59 Å². The first-order chi connectivity index (χ1) is 8.00. The highest BCUT2D eigenvalue weighted by Crippen LogP contribution is 2.25. The SMILES string of the molecule is C=C(C)OC(=O)n1c(C(=O)O)cc2sccc21. The van der Waals surface area contributed by atoms with Gasteiger partial charge < -0.3 is 9.84 Å². The number of ether oxygens (including phenoxy) is 1. The van der Waals surface area contributed by atoms with Gasteiger partial charge in [0.15, 0.2) is 0 Å². The molecule has 0 aliphatic heterocycles. The first-order valence-corrected chi connectivity index (χ1v) is 5.58. The van der Waals surface area contributed by atoms with Gasteiger partial charge in [-0.3, -0.25) is 0 Å². The number of thiophene rings is 1. The Morgan fingerprint density at radius 3 is 2.82 bits per heavy atom. The van der Waals surface area contributed by atoms with Crippen LogP contribution in [-0.4, -0.2) is 21.7 Å². The van der Waals surface area contributed by atoms with E-state index in [-0.39, 0.29) is 11.5 Å². The molecule has 2 rings (SSSR count). The lowest BCUT2D eigenvalue weighted by Gasteiger charge is -2.06. The van der Waals surface area contributed by atoms with E-state index in [0.29, 0.717) is 5.52 Å². The van der Waals surface area contributed by atoms with E-state index in [0.717, 1.165) is 9.27 Å². The van der Waals surface area contributed by atoms with Gasteiger partial charge in [-0.05, 0) is 24.4 Å². The van der Waals surface area contributed by atoms with Gasteiger partial charge in [-0.25, -0.2) is 14.2 Å². The molecule has 0 aliphatic carbocycles. The van der Waals surface area contributed by atoms with E-state index in [2.05, 4.69) is 6.58 Å². The Morgan fingerprint density at radius 2 is 2.24 bits per heavy atom. The van der Waals surface area contributed by atoms with Crippen LogP contribution in [0.1, 0.15) is 17.4 Å². The largest absolute Gasteiger partial charge is 0.477 e. The van der Waals surface area contributed by atoms with Crippen molar-refractivity contribution in [1.82, 2.24) is 4.57 Å². The average Bonchev–Trinajstić information content (AvgIpc) is 2.72. The molecule has 2 aromatic heterocycles. The summed E-state index contributed by atoms with van der Waals surface area (Å²) < 4.78 is 6.59. The smallest absolute Gasteiger partial charge is 0.424 e. The summed E-state index contributed by atoms with van der Waals surface area (Å²) in [5.41, 5.74) is 0.414. The second kappa shape index (κ2) is 4.06. The first kappa shape index (κ1) is 11.4. The van der Waals surface area contributed by atoms with Gasteiger partial charge >= 0.3 is 12.1 Å². The monoisotopic (exact) mass is 251 g/mol. The predicted molar refractivity (Wildman–Crippen MR) is 63.5 cm³/mol. The Hall–Kier alpha value is -2.08. The average molecular weight is 251 g/mol. The van der Waals surface area contributed by atoms with Crippen LogP contribution in [0.4, 0.5) is 4.79 Å². The van der Waals surface area contributed by atoms with Gasteiger partial charge in [0.05, 0.1) is 16.0 Å². The van der Waals surface area contributed by atoms with E-state index in [1.54, 1.807) is 11.4 Å². The lowest BCUT2D eigenvalue weighted by Crippen LogP contribution is -2.17. The minimum Gasteiger partial charge on any atom is -0.477 e. The highest BCUT2D eigenvalue weighted by Gasteiger charge is 2.21. The van der Waals surface area contributed by atoms with Crippen molar-refractivity contribution in [2.45, 2.75) is 6.92 Å². The zero-order valence-electron chi connectivity index (χ0n) is 8.97. The summed E-state index contributed by atoms with van der Waals surface area (Å²) in [6.07, 6.45) is -0.761. The van der Waals surface area contributed by atoms with Crippen molar-refractivity contribution in [3.05, 3.63) is 35.5 Å². The van der Waals surface area contributed by atoms with E-state index in [4.69, 9.17) is 9.84 Å². The summed E-state index contributed by atoms with van der Waals surface area (Å²) in [4.78, 5) is 22.8. The molecular weight excluding hydrogens is 242 g/mol. The maximum atomic E-state index is 11.8. The number of carbonyl (C=O) groups is 2. The van der Waals surface area contributed by atoms with Crippen molar-refractivity contribution in [2.75, 3.05) is 0 Å². The fourth-order valence-electron chi connectivity index (χ4n) is 1.47. The summed E-state index contributed by atoms with van der Waals surface area (Å²) in [6, 6.07) is 3.12. The topological polar surface area (TPSA) is 68.5 Å². The van der Waals surface area contributed by atoms with Gasteiger partial charge in [0, 0.05) is 0 Å². The first-order valence-electron chi connectivity index (χ1n) is 4.70. The van der Waals surface area contributed by atoms with Crippen molar-refractivity contribution < 1.29 is 19.4 Å². The molecule has 0 radical (unpaired) electrons. The molecule has 0 saturated carbocycles. The minimum atomic E-state index is -1.17. The zero-order valence-corrected chi connectivity index (χ0v) is 9.78. The number of nitrogens with zero attached hydrogens (tertiary/aromatic N) is 1. The number of rotatable bonds is 2. The molecule has 0 saturated heterocycles. The third-order valence-corrected chi connectivity index (χ3v) is 2.94. The molecule has 0 aliphatic rings. The maximum absolute atomic E-state index is 11.8. The Labute approximate surface area is 101 Å². The number of hydrogen-bond donors (Lipinski definition) is 1. The van der Waals surface area contributed by atoms with Gasteiger partial charge in [-0.1, -0.05) is 6.58 Å². The molecule has 0 bridgehead atoms. The zero-order chi connectivity index (χ0) is 12.6. The van der Waals surface area contributed by atoms with Crippen LogP contribution < -0.4 is 0 Å². The lowest BCUT2D eigenvalue weighted by atomic mass is 10.4. The second-order valence-corrected chi connectivity index (χ2v) is 4.36. The number of carboxylic acid groups (broad SMARTS) is 1. The van der Waals surface area contributed by atoms with Crippen molar-refractivity contribution in [3.8, 4) is 0 Å². The van der Waals surface area contributed by atoms with Gasteiger partial charge in [-0.15, -0.1) is 11.3 Å². The van der Waals surface area contributed by atoms with Crippen LogP contribution in [-0.2, 0) is 4.74 Å². The molecule has 0 aromatic carbocycles. The minimum absolute atomic E-state index is 0.113. The normalized spacial score (nSPS) is 10.4. The second-order valence-electron chi connectivity index (χ2n) is 3.41. The Balaban J connectivity index is 2.59. The standard InChI is InChI=1S/C11H9NO4S/c1-6(2)16-11(15)12-7-3-4-17-9(7)5-8(12)10(13)14/h3-5H,1H2,2H3,(H,13,14). The molecule has 0 atom stereocenters. The molecule has 0 unspecified atom stereocenters. The molecule has 2 aromatic rings. The molecule has 5 nitrogen and oxygen atoms in total. The Bertz CT molecular complexity index is 622. The molecule has 0 fully saturated rings. The van der Waals surface area contributed by atoms with Crippen LogP contribution in [0, 0.1) is 0 Å². The van der Waals surface area contributed by atoms with Crippen LogP contribution in [0.5, 0.6) is 0 Å². The Morgan fingerprint density at radius 1 is 1.53 bits per heavy atom.